The van der Waals surface area contributed by atoms with Crippen molar-refractivity contribution in [2.45, 2.75) is 0 Å². The molecule has 1 aromatic rings. The summed E-state index contributed by atoms with van der Waals surface area (Å²) in [5, 5.41) is 8.36. The van der Waals surface area contributed by atoms with Crippen molar-refractivity contribution in [2.75, 3.05) is 0 Å². The van der Waals surface area contributed by atoms with Crippen LogP contribution in [0.3, 0.4) is 0 Å². The number of aliphatic carboxylic acids is 1. The lowest BCUT2D eigenvalue weighted by Crippen LogP contribution is -1.84. The number of para-hydroxylation sites is 1. The van der Waals surface area contributed by atoms with Gasteiger partial charge < -0.3 is 9.84 Å². The zero-order valence-electron chi connectivity index (χ0n) is 6.15. The molecule has 0 aromatic heterocycles. The van der Waals surface area contributed by atoms with Gasteiger partial charge in [0.15, 0.2) is 11.5 Å². The molecule has 3 heteroatoms. The smallest absolute Gasteiger partial charge is 0.328 e. The van der Waals surface area contributed by atoms with E-state index in [9.17, 15) is 4.79 Å². The van der Waals surface area contributed by atoms with Crippen LogP contribution in [0.25, 0.3) is 6.08 Å². The Labute approximate surface area is 68.9 Å². The average Bonchev–Trinajstić information content (AvgIpc) is 2.78. The third kappa shape index (κ3) is 1.16. The van der Waals surface area contributed by atoms with Gasteiger partial charge in [0.25, 0.3) is 0 Å². The molecule has 0 unspecified atom stereocenters. The standard InChI is InChI=1S/C9H6O3/c10-8(11)5-4-6-2-1-3-7-9(6)12-7/h1-5H,(H,10,11). The van der Waals surface area contributed by atoms with Crippen molar-refractivity contribution in [1.82, 2.24) is 0 Å². The summed E-state index contributed by atoms with van der Waals surface area (Å²) in [4.78, 5) is 10.2. The Morgan fingerprint density at radius 1 is 1.50 bits per heavy atom. The van der Waals surface area contributed by atoms with E-state index >= 15 is 0 Å². The second kappa shape index (κ2) is 2.37. The molecular weight excluding hydrogens is 156 g/mol. The van der Waals surface area contributed by atoms with Gasteiger partial charge in [-0.05, 0) is 12.1 Å². The lowest BCUT2D eigenvalue weighted by molar-refractivity contribution is -0.131. The van der Waals surface area contributed by atoms with E-state index in [-0.39, 0.29) is 0 Å². The fourth-order valence-electron chi connectivity index (χ4n) is 1.00. The summed E-state index contributed by atoms with van der Waals surface area (Å²) in [5.74, 6) is 0.672. The summed E-state index contributed by atoms with van der Waals surface area (Å²) in [6, 6.07) is 5.48. The number of carboxylic acid groups (broad SMARTS) is 1. The molecule has 0 saturated carbocycles. The maximum atomic E-state index is 10.2. The van der Waals surface area contributed by atoms with Crippen LogP contribution in [0.15, 0.2) is 24.3 Å². The van der Waals surface area contributed by atoms with Crippen LogP contribution in [0.1, 0.15) is 5.56 Å². The Morgan fingerprint density at radius 2 is 2.33 bits per heavy atom. The van der Waals surface area contributed by atoms with Gasteiger partial charge in [-0.15, -0.1) is 0 Å². The van der Waals surface area contributed by atoms with Gasteiger partial charge >= 0.3 is 5.97 Å². The molecule has 3 nitrogen and oxygen atoms in total. The monoisotopic (exact) mass is 162 g/mol. The maximum Gasteiger partial charge on any atom is 0.328 e. The Bertz CT molecular complexity index is 366. The van der Waals surface area contributed by atoms with Crippen LogP contribution in [0, 0.1) is 0 Å². The van der Waals surface area contributed by atoms with Crippen molar-refractivity contribution in [2.24, 2.45) is 0 Å². The predicted molar refractivity (Wildman–Crippen MR) is 43.2 cm³/mol. The third-order valence-electron chi connectivity index (χ3n) is 1.59. The van der Waals surface area contributed by atoms with E-state index < -0.39 is 5.97 Å². The second-order valence-electron chi connectivity index (χ2n) is 2.45. The van der Waals surface area contributed by atoms with Gasteiger partial charge in [-0.3, -0.25) is 0 Å². The van der Waals surface area contributed by atoms with Gasteiger partial charge in [-0.1, -0.05) is 12.1 Å². The Kier molecular flexibility index (Phi) is 1.37. The molecular formula is C9H6O3. The van der Waals surface area contributed by atoms with Gasteiger partial charge in [0.05, 0.1) is 0 Å². The van der Waals surface area contributed by atoms with E-state index in [1.54, 1.807) is 0 Å². The number of rotatable bonds is 2. The number of carbonyl (C=O) groups is 1. The van der Waals surface area contributed by atoms with Gasteiger partial charge in [0, 0.05) is 11.6 Å². The zero-order chi connectivity index (χ0) is 8.55. The van der Waals surface area contributed by atoms with Crippen molar-refractivity contribution in [3.05, 3.63) is 29.8 Å². The third-order valence-corrected chi connectivity index (χ3v) is 1.59. The van der Waals surface area contributed by atoms with Crippen LogP contribution in [-0.4, -0.2) is 11.1 Å². The molecule has 0 fully saturated rings. The lowest BCUT2D eigenvalue weighted by atomic mass is 10.2. The fourth-order valence-corrected chi connectivity index (χ4v) is 1.00. The molecule has 0 bridgehead atoms. The van der Waals surface area contributed by atoms with E-state index in [2.05, 4.69) is 0 Å². The van der Waals surface area contributed by atoms with Gasteiger partial charge in [0.1, 0.15) is 0 Å². The summed E-state index contributed by atoms with van der Waals surface area (Å²) in [6.07, 6.45) is 2.62. The van der Waals surface area contributed by atoms with Gasteiger partial charge in [0.2, 0.25) is 0 Å². The SMILES string of the molecule is O=C(O)C=Cc1cccc2c1O2. The number of fused-ring (bicyclic) bond motifs is 1. The highest BCUT2D eigenvalue weighted by Crippen LogP contribution is 2.48. The van der Waals surface area contributed by atoms with Gasteiger partial charge in [-0.25, -0.2) is 4.79 Å². The first-order valence-corrected chi connectivity index (χ1v) is 3.49. The van der Waals surface area contributed by atoms with E-state index in [4.69, 9.17) is 9.84 Å². The molecule has 1 heterocycles. The van der Waals surface area contributed by atoms with Crippen LogP contribution < -0.4 is 4.74 Å². The molecule has 0 amide bonds. The summed E-state index contributed by atoms with van der Waals surface area (Å²) in [5.41, 5.74) is 0.815. The second-order valence-corrected chi connectivity index (χ2v) is 2.45. The highest BCUT2D eigenvalue weighted by Gasteiger charge is 2.21. The summed E-state index contributed by atoms with van der Waals surface area (Å²) in [6.45, 7) is 0. The summed E-state index contributed by atoms with van der Waals surface area (Å²) < 4.78 is 5.06. The maximum absolute atomic E-state index is 10.2. The number of ether oxygens (including phenoxy) is 1. The molecule has 0 saturated heterocycles. The van der Waals surface area contributed by atoms with Crippen LogP contribution >= 0.6 is 0 Å². The molecule has 1 aromatic carbocycles. The normalized spacial score (nSPS) is 12.3. The van der Waals surface area contributed by atoms with E-state index in [1.807, 2.05) is 18.2 Å². The number of hydrogen-bond donors (Lipinski definition) is 1. The van der Waals surface area contributed by atoms with Crippen molar-refractivity contribution in [3.8, 4) is 11.5 Å². The van der Waals surface area contributed by atoms with Gasteiger partial charge in [-0.2, -0.15) is 0 Å². The van der Waals surface area contributed by atoms with Crippen LogP contribution in [0.4, 0.5) is 0 Å². The Hall–Kier alpha value is -1.77. The van der Waals surface area contributed by atoms with E-state index in [1.165, 1.54) is 6.08 Å². The molecule has 0 aliphatic carbocycles. The molecule has 1 aliphatic heterocycles. The predicted octanol–water partition coefficient (Wildman–Crippen LogP) is 1.89. The quantitative estimate of drug-likeness (QED) is 0.541. The number of benzene rings is 1. The molecule has 1 N–H and O–H groups in total. The minimum atomic E-state index is -0.951. The summed E-state index contributed by atoms with van der Waals surface area (Å²) in [7, 11) is 0. The number of carboxylic acids is 1. The van der Waals surface area contributed by atoms with Crippen molar-refractivity contribution in [3.63, 3.8) is 0 Å². The highest BCUT2D eigenvalue weighted by atomic mass is 16.6. The van der Waals surface area contributed by atoms with Crippen molar-refractivity contribution < 1.29 is 14.6 Å². The number of hydrogen-bond acceptors (Lipinski definition) is 2. The van der Waals surface area contributed by atoms with E-state index in [0.29, 0.717) is 0 Å². The Morgan fingerprint density at radius 3 is 3.08 bits per heavy atom. The van der Waals surface area contributed by atoms with Crippen LogP contribution in [0.5, 0.6) is 11.5 Å². The molecule has 2 rings (SSSR count). The lowest BCUT2D eigenvalue weighted by Gasteiger charge is -1.83. The van der Waals surface area contributed by atoms with E-state index in [0.717, 1.165) is 23.1 Å². The summed E-state index contributed by atoms with van der Waals surface area (Å²) >= 11 is 0. The molecule has 0 radical (unpaired) electrons. The minimum Gasteiger partial charge on any atom is -0.478 e. The molecule has 0 atom stereocenters. The fraction of sp³-hybridized carbons (Fsp3) is 0. The van der Waals surface area contributed by atoms with Crippen LogP contribution in [0.2, 0.25) is 0 Å². The Balaban J connectivity index is 2.26. The molecule has 60 valence electrons. The first-order valence-electron chi connectivity index (χ1n) is 3.49. The first kappa shape index (κ1) is 6.91. The zero-order valence-corrected chi connectivity index (χ0v) is 6.15. The van der Waals surface area contributed by atoms with Crippen LogP contribution in [-0.2, 0) is 4.79 Å². The van der Waals surface area contributed by atoms with Crippen molar-refractivity contribution in [1.29, 1.82) is 0 Å². The highest BCUT2D eigenvalue weighted by molar-refractivity contribution is 5.87. The first-order chi connectivity index (χ1) is 5.77. The average molecular weight is 162 g/mol. The molecule has 1 aliphatic rings. The minimum absolute atomic E-state index is 0.787. The largest absolute Gasteiger partial charge is 0.478 e. The van der Waals surface area contributed by atoms with Crippen molar-refractivity contribution >= 4 is 12.0 Å². The topological polar surface area (TPSA) is 49.8 Å². The molecule has 12 heavy (non-hydrogen) atoms. The molecule has 0 spiro atoms.